The second-order valence-corrected chi connectivity index (χ2v) is 5.60. The summed E-state index contributed by atoms with van der Waals surface area (Å²) >= 11 is 1.25. The molecule has 0 aliphatic rings. The summed E-state index contributed by atoms with van der Waals surface area (Å²) in [7, 11) is 0. The van der Waals surface area contributed by atoms with Crippen LogP contribution in [0.15, 0.2) is 54.0 Å². The third-order valence-electron chi connectivity index (χ3n) is 2.95. The molecule has 1 amide bonds. The Labute approximate surface area is 145 Å². The molecule has 128 valence electrons. The summed E-state index contributed by atoms with van der Waals surface area (Å²) in [5.41, 5.74) is 0.527. The summed E-state index contributed by atoms with van der Waals surface area (Å²) in [5.74, 6) is 0.115. The van der Waals surface area contributed by atoms with Crippen LogP contribution in [0.25, 0.3) is 0 Å². The largest absolute Gasteiger partial charge is 0.435 e. The molecular weight excluding hydrogens is 350 g/mol. The van der Waals surface area contributed by atoms with Gasteiger partial charge in [0.1, 0.15) is 17.3 Å². The van der Waals surface area contributed by atoms with E-state index in [1.165, 1.54) is 29.5 Å². The topological polar surface area (TPSA) is 76.1 Å². The van der Waals surface area contributed by atoms with Crippen LogP contribution in [0.2, 0.25) is 0 Å². The Morgan fingerprint density at radius 3 is 2.84 bits per heavy atom. The number of carbonyl (C=O) groups is 1. The van der Waals surface area contributed by atoms with E-state index in [0.29, 0.717) is 16.6 Å². The van der Waals surface area contributed by atoms with Crippen molar-refractivity contribution in [1.29, 1.82) is 0 Å². The van der Waals surface area contributed by atoms with E-state index in [1.807, 2.05) is 6.07 Å². The van der Waals surface area contributed by atoms with Crippen molar-refractivity contribution in [2.45, 2.75) is 6.61 Å². The molecule has 0 spiro atoms. The van der Waals surface area contributed by atoms with Gasteiger partial charge >= 0.3 is 6.61 Å². The molecule has 1 aromatic carbocycles. The van der Waals surface area contributed by atoms with Crippen molar-refractivity contribution in [2.75, 3.05) is 10.6 Å². The molecule has 0 unspecified atom stereocenters. The average Bonchev–Trinajstić information content (AvgIpc) is 3.04. The number of thiazole rings is 1. The number of hydrogen-bond acceptors (Lipinski definition) is 6. The van der Waals surface area contributed by atoms with Gasteiger partial charge in [0.25, 0.3) is 5.91 Å². The maximum Gasteiger partial charge on any atom is 0.387 e. The molecule has 2 aromatic heterocycles. The highest BCUT2D eigenvalue weighted by Gasteiger charge is 2.12. The quantitative estimate of drug-likeness (QED) is 0.689. The Hall–Kier alpha value is -3.07. The highest BCUT2D eigenvalue weighted by molar-refractivity contribution is 7.14. The van der Waals surface area contributed by atoms with E-state index in [-0.39, 0.29) is 11.4 Å². The number of nitrogens with one attached hydrogen (secondary N) is 2. The van der Waals surface area contributed by atoms with Crippen molar-refractivity contribution in [1.82, 2.24) is 9.97 Å². The van der Waals surface area contributed by atoms with Crippen LogP contribution in [0.3, 0.4) is 0 Å². The molecule has 2 heterocycles. The minimum absolute atomic E-state index is 0.0383. The number of aromatic nitrogens is 2. The minimum atomic E-state index is -2.93. The Balaban J connectivity index is 1.66. The van der Waals surface area contributed by atoms with Crippen LogP contribution in [0, 0.1) is 0 Å². The fourth-order valence-corrected chi connectivity index (χ4v) is 2.62. The molecule has 0 saturated carbocycles. The number of pyridine rings is 1. The van der Waals surface area contributed by atoms with Gasteiger partial charge < -0.3 is 15.4 Å². The van der Waals surface area contributed by atoms with E-state index >= 15 is 0 Å². The standard InChI is InChI=1S/C16H12F2N4O2S/c17-15(18)24-11-5-3-4-10(8-11)20-14(23)12-9-25-16(21-12)22-13-6-1-2-7-19-13/h1-9,15H,(H,20,23)(H,19,21,22). The van der Waals surface area contributed by atoms with Gasteiger partial charge in [0.2, 0.25) is 0 Å². The molecule has 6 nitrogen and oxygen atoms in total. The van der Waals surface area contributed by atoms with Gasteiger partial charge in [-0.1, -0.05) is 12.1 Å². The van der Waals surface area contributed by atoms with Crippen molar-refractivity contribution in [3.63, 3.8) is 0 Å². The van der Waals surface area contributed by atoms with Gasteiger partial charge in [-0.05, 0) is 24.3 Å². The summed E-state index contributed by atoms with van der Waals surface area (Å²) in [6.07, 6.45) is 1.64. The van der Waals surface area contributed by atoms with Gasteiger partial charge in [-0.25, -0.2) is 9.97 Å². The minimum Gasteiger partial charge on any atom is -0.435 e. The molecule has 0 aliphatic carbocycles. The summed E-state index contributed by atoms with van der Waals surface area (Å²) in [6, 6.07) is 11.1. The first kappa shape index (κ1) is 16.8. The lowest BCUT2D eigenvalue weighted by molar-refractivity contribution is -0.0497. The Kier molecular flexibility index (Phi) is 5.14. The van der Waals surface area contributed by atoms with Crippen LogP contribution in [-0.2, 0) is 0 Å². The first-order valence-electron chi connectivity index (χ1n) is 7.10. The Bertz CT molecular complexity index is 858. The predicted molar refractivity (Wildman–Crippen MR) is 90.7 cm³/mol. The molecule has 3 aromatic rings. The molecule has 0 radical (unpaired) electrons. The van der Waals surface area contributed by atoms with Gasteiger partial charge in [0.15, 0.2) is 5.13 Å². The van der Waals surface area contributed by atoms with Gasteiger partial charge in [-0.3, -0.25) is 4.79 Å². The third-order valence-corrected chi connectivity index (χ3v) is 3.71. The summed E-state index contributed by atoms with van der Waals surface area (Å²) in [5, 5.41) is 7.67. The van der Waals surface area contributed by atoms with Crippen LogP contribution in [0.1, 0.15) is 10.5 Å². The van der Waals surface area contributed by atoms with Gasteiger partial charge in [-0.2, -0.15) is 8.78 Å². The molecule has 0 fully saturated rings. The third kappa shape index (κ3) is 4.70. The monoisotopic (exact) mass is 362 g/mol. The Morgan fingerprint density at radius 2 is 2.08 bits per heavy atom. The smallest absolute Gasteiger partial charge is 0.387 e. The molecular formula is C16H12F2N4O2S. The number of hydrogen-bond donors (Lipinski definition) is 2. The first-order valence-corrected chi connectivity index (χ1v) is 7.98. The van der Waals surface area contributed by atoms with Crippen molar-refractivity contribution in [2.24, 2.45) is 0 Å². The fourth-order valence-electron chi connectivity index (χ4n) is 1.93. The highest BCUT2D eigenvalue weighted by atomic mass is 32.1. The summed E-state index contributed by atoms with van der Waals surface area (Å²) in [6.45, 7) is -2.93. The zero-order valence-corrected chi connectivity index (χ0v) is 13.5. The van der Waals surface area contributed by atoms with Gasteiger partial charge in [0.05, 0.1) is 0 Å². The van der Waals surface area contributed by atoms with Crippen molar-refractivity contribution in [3.8, 4) is 5.75 Å². The number of anilines is 3. The van der Waals surface area contributed by atoms with Crippen molar-refractivity contribution >= 4 is 33.9 Å². The van der Waals surface area contributed by atoms with Gasteiger partial charge in [0, 0.05) is 23.3 Å². The Morgan fingerprint density at radius 1 is 1.20 bits per heavy atom. The maximum absolute atomic E-state index is 12.2. The molecule has 25 heavy (non-hydrogen) atoms. The van der Waals surface area contributed by atoms with E-state index in [2.05, 4.69) is 25.3 Å². The predicted octanol–water partition coefficient (Wildman–Crippen LogP) is 4.14. The number of carbonyl (C=O) groups excluding carboxylic acids is 1. The number of ether oxygens (including phenoxy) is 1. The van der Waals surface area contributed by atoms with Crippen LogP contribution in [0.5, 0.6) is 5.75 Å². The second-order valence-electron chi connectivity index (χ2n) is 4.74. The van der Waals surface area contributed by atoms with Crippen molar-refractivity contribution in [3.05, 3.63) is 59.7 Å². The molecule has 0 bridgehead atoms. The van der Waals surface area contributed by atoms with Gasteiger partial charge in [-0.15, -0.1) is 11.3 Å². The molecule has 0 saturated heterocycles. The number of rotatable bonds is 6. The summed E-state index contributed by atoms with van der Waals surface area (Å²) < 4.78 is 28.8. The van der Waals surface area contributed by atoms with E-state index in [1.54, 1.807) is 29.8 Å². The molecule has 3 rings (SSSR count). The fraction of sp³-hybridized carbons (Fsp3) is 0.0625. The van der Waals surface area contributed by atoms with E-state index in [0.717, 1.165) is 0 Å². The van der Waals surface area contributed by atoms with Crippen LogP contribution < -0.4 is 15.4 Å². The zero-order valence-electron chi connectivity index (χ0n) is 12.6. The van der Waals surface area contributed by atoms with E-state index in [4.69, 9.17) is 0 Å². The zero-order chi connectivity index (χ0) is 17.6. The lowest BCUT2D eigenvalue weighted by atomic mass is 10.3. The number of halogens is 2. The van der Waals surface area contributed by atoms with Crippen LogP contribution in [0.4, 0.5) is 25.4 Å². The molecule has 0 aliphatic heterocycles. The van der Waals surface area contributed by atoms with E-state index in [9.17, 15) is 13.6 Å². The number of alkyl halides is 2. The highest BCUT2D eigenvalue weighted by Crippen LogP contribution is 2.22. The average molecular weight is 362 g/mol. The number of amides is 1. The maximum atomic E-state index is 12.2. The SMILES string of the molecule is O=C(Nc1cccc(OC(F)F)c1)c1csc(Nc2ccccn2)n1. The summed E-state index contributed by atoms with van der Waals surface area (Å²) in [4.78, 5) is 20.5. The number of nitrogens with zero attached hydrogens (tertiary/aromatic N) is 2. The molecule has 9 heteroatoms. The normalized spacial score (nSPS) is 10.5. The van der Waals surface area contributed by atoms with Crippen molar-refractivity contribution < 1.29 is 18.3 Å². The molecule has 2 N–H and O–H groups in total. The van der Waals surface area contributed by atoms with Crippen LogP contribution in [-0.4, -0.2) is 22.5 Å². The van der Waals surface area contributed by atoms with Crippen LogP contribution >= 0.6 is 11.3 Å². The lowest BCUT2D eigenvalue weighted by Gasteiger charge is -2.07. The number of benzene rings is 1. The second kappa shape index (κ2) is 7.67. The van der Waals surface area contributed by atoms with E-state index < -0.39 is 12.5 Å². The molecule has 0 atom stereocenters. The lowest BCUT2D eigenvalue weighted by Crippen LogP contribution is -2.12. The first-order chi connectivity index (χ1) is 12.1.